The molecule has 0 aliphatic rings. The van der Waals surface area contributed by atoms with Crippen LogP contribution >= 0.6 is 20.6 Å². The molecule has 0 aliphatic carbocycles. The number of thiol groups is 1. The van der Waals surface area contributed by atoms with Gasteiger partial charge in [0, 0.05) is 0 Å². The minimum Gasteiger partial charge on any atom is -0.179 e. The summed E-state index contributed by atoms with van der Waals surface area (Å²) in [6.07, 6.45) is 1.81. The van der Waals surface area contributed by atoms with Crippen LogP contribution in [0.5, 0.6) is 0 Å². The predicted molar refractivity (Wildman–Crippen MR) is 65.1 cm³/mol. The normalized spacial score (nSPS) is 12.0. The first-order valence-corrected chi connectivity index (χ1v) is 7.53. The molecule has 86 valence electrons. The fourth-order valence-corrected chi connectivity index (χ4v) is 3.90. The molecule has 0 radical (unpaired) electrons. The van der Waals surface area contributed by atoms with Crippen LogP contribution in [0, 0.1) is 0 Å². The molecule has 0 aliphatic heterocycles. The highest BCUT2D eigenvalue weighted by atomic mass is 32.1. The first-order chi connectivity index (χ1) is 6.74. The fourth-order valence-electron chi connectivity index (χ4n) is 1.16. The molecule has 0 N–H and O–H groups in total. The van der Waals surface area contributed by atoms with Gasteiger partial charge in [0.25, 0.3) is 0 Å². The molecule has 0 amide bonds. The Labute approximate surface area is 93.5 Å². The van der Waals surface area contributed by atoms with E-state index in [9.17, 15) is 0 Å². The lowest BCUT2D eigenvalue weighted by atomic mass is 10.6. The zero-order valence-electron chi connectivity index (χ0n) is 9.36. The molecule has 0 aromatic rings. The van der Waals surface area contributed by atoms with E-state index in [4.69, 9.17) is 13.6 Å². The smallest absolute Gasteiger partial charge is 0.179 e. The molecule has 0 unspecified atom stereocenters. The number of hydrogen-bond donors (Lipinski definition) is 1. The molecular formula is C9H22O3PS+. The van der Waals surface area contributed by atoms with Gasteiger partial charge in [0.2, 0.25) is 0 Å². The molecule has 0 spiro atoms. The summed E-state index contributed by atoms with van der Waals surface area (Å²) in [5, 5.41) is 0. The summed E-state index contributed by atoms with van der Waals surface area (Å²) in [4.78, 5) is 0. The monoisotopic (exact) mass is 241 g/mol. The zero-order chi connectivity index (χ0) is 10.9. The van der Waals surface area contributed by atoms with E-state index in [1.807, 2.05) is 20.8 Å². The van der Waals surface area contributed by atoms with Crippen LogP contribution in [0.4, 0.5) is 0 Å². The van der Waals surface area contributed by atoms with E-state index in [1.54, 1.807) is 0 Å². The van der Waals surface area contributed by atoms with Gasteiger partial charge in [-0.15, -0.1) is 0 Å². The maximum Gasteiger partial charge on any atom is 0.411 e. The molecule has 0 rings (SSSR count). The molecule has 0 bridgehead atoms. The van der Waals surface area contributed by atoms with Crippen molar-refractivity contribution in [3.63, 3.8) is 0 Å². The van der Waals surface area contributed by atoms with Crippen LogP contribution in [0.1, 0.15) is 27.2 Å². The first-order valence-electron chi connectivity index (χ1n) is 5.17. The second-order valence-electron chi connectivity index (χ2n) is 2.66. The molecule has 0 atom stereocenters. The van der Waals surface area contributed by atoms with Crippen molar-refractivity contribution in [3.8, 4) is 0 Å². The third-order valence-electron chi connectivity index (χ3n) is 1.57. The summed E-state index contributed by atoms with van der Waals surface area (Å²) in [6.45, 7) is 7.81. The van der Waals surface area contributed by atoms with E-state index in [-0.39, 0.29) is 0 Å². The Bertz CT molecular complexity index is 118. The number of hydrogen-bond acceptors (Lipinski definition) is 4. The van der Waals surface area contributed by atoms with Crippen molar-refractivity contribution in [1.82, 2.24) is 0 Å². The minimum atomic E-state index is -2.06. The van der Waals surface area contributed by atoms with Crippen molar-refractivity contribution >= 4 is 20.6 Å². The van der Waals surface area contributed by atoms with Crippen molar-refractivity contribution in [2.24, 2.45) is 0 Å². The van der Waals surface area contributed by atoms with Gasteiger partial charge in [0.1, 0.15) is 6.16 Å². The average molecular weight is 241 g/mol. The van der Waals surface area contributed by atoms with Crippen LogP contribution in [0.15, 0.2) is 0 Å². The van der Waals surface area contributed by atoms with Crippen molar-refractivity contribution in [2.75, 3.05) is 31.7 Å². The summed E-state index contributed by atoms with van der Waals surface area (Å²) in [5.41, 5.74) is 0. The van der Waals surface area contributed by atoms with E-state index in [0.29, 0.717) is 19.8 Å². The fraction of sp³-hybridized carbons (Fsp3) is 1.00. The summed E-state index contributed by atoms with van der Waals surface area (Å²) in [6, 6.07) is 0. The molecule has 0 saturated heterocycles. The van der Waals surface area contributed by atoms with E-state index >= 15 is 0 Å². The largest absolute Gasteiger partial charge is 0.411 e. The highest BCUT2D eigenvalue weighted by Gasteiger charge is 2.43. The third kappa shape index (κ3) is 5.52. The standard InChI is InChI=1S/C9H21O3PS/c1-4-10-13(11-5-2,12-6-3)8-7-9-14/h4-9H2,1-3H3/p+1. The molecular weight excluding hydrogens is 219 g/mol. The summed E-state index contributed by atoms with van der Waals surface area (Å²) < 4.78 is 16.9. The second kappa shape index (κ2) is 8.93. The molecule has 0 saturated carbocycles. The van der Waals surface area contributed by atoms with Gasteiger partial charge < -0.3 is 0 Å². The average Bonchev–Trinajstić information content (AvgIpc) is 2.16. The van der Waals surface area contributed by atoms with Gasteiger partial charge in [-0.25, -0.2) is 0 Å². The van der Waals surface area contributed by atoms with Gasteiger partial charge in [-0.2, -0.15) is 26.2 Å². The SMILES string of the molecule is CCO[P+](CCCS)(OCC)OCC. The molecule has 0 heterocycles. The topological polar surface area (TPSA) is 27.7 Å². The highest BCUT2D eigenvalue weighted by Crippen LogP contribution is 2.62. The third-order valence-corrected chi connectivity index (χ3v) is 4.70. The molecule has 14 heavy (non-hydrogen) atoms. The van der Waals surface area contributed by atoms with Crippen LogP contribution in [-0.2, 0) is 13.6 Å². The van der Waals surface area contributed by atoms with E-state index in [1.165, 1.54) is 0 Å². The van der Waals surface area contributed by atoms with E-state index < -0.39 is 7.94 Å². The predicted octanol–water partition coefficient (Wildman–Crippen LogP) is 3.18. The Hall–Kier alpha value is 0.660. The minimum absolute atomic E-state index is 0.639. The highest BCUT2D eigenvalue weighted by molar-refractivity contribution is 7.80. The lowest BCUT2D eigenvalue weighted by Crippen LogP contribution is -2.11. The van der Waals surface area contributed by atoms with E-state index in [0.717, 1.165) is 18.3 Å². The Morgan fingerprint density at radius 3 is 1.64 bits per heavy atom. The molecule has 0 aromatic carbocycles. The summed E-state index contributed by atoms with van der Waals surface area (Å²) in [7, 11) is -2.06. The van der Waals surface area contributed by atoms with Crippen molar-refractivity contribution < 1.29 is 13.6 Å². The van der Waals surface area contributed by atoms with E-state index in [2.05, 4.69) is 12.6 Å². The van der Waals surface area contributed by atoms with Gasteiger partial charge in [-0.1, -0.05) is 0 Å². The quantitative estimate of drug-likeness (QED) is 0.496. The lowest BCUT2D eigenvalue weighted by Gasteiger charge is -2.20. The van der Waals surface area contributed by atoms with Crippen LogP contribution in [-0.4, -0.2) is 31.7 Å². The molecule has 0 fully saturated rings. The molecule has 5 heteroatoms. The second-order valence-corrected chi connectivity index (χ2v) is 5.56. The van der Waals surface area contributed by atoms with Gasteiger partial charge in [-0.05, 0) is 32.9 Å². The first kappa shape index (κ1) is 14.7. The van der Waals surface area contributed by atoms with Gasteiger partial charge in [0.15, 0.2) is 0 Å². The van der Waals surface area contributed by atoms with Crippen molar-refractivity contribution in [1.29, 1.82) is 0 Å². The maximum absolute atomic E-state index is 5.65. The number of rotatable bonds is 9. The van der Waals surface area contributed by atoms with Crippen LogP contribution in [0.2, 0.25) is 0 Å². The van der Waals surface area contributed by atoms with Gasteiger partial charge in [-0.3, -0.25) is 0 Å². The van der Waals surface area contributed by atoms with Gasteiger partial charge in [0.05, 0.1) is 19.8 Å². The lowest BCUT2D eigenvalue weighted by molar-refractivity contribution is 0.151. The van der Waals surface area contributed by atoms with Crippen LogP contribution in [0.25, 0.3) is 0 Å². The summed E-state index contributed by atoms with van der Waals surface area (Å²) >= 11 is 4.19. The van der Waals surface area contributed by atoms with Crippen molar-refractivity contribution in [2.45, 2.75) is 27.2 Å². The Morgan fingerprint density at radius 1 is 0.929 bits per heavy atom. The molecule has 3 nitrogen and oxygen atoms in total. The van der Waals surface area contributed by atoms with Gasteiger partial charge >= 0.3 is 7.94 Å². The molecule has 0 aromatic heterocycles. The Kier molecular flexibility index (Phi) is 9.35. The van der Waals surface area contributed by atoms with Crippen molar-refractivity contribution in [3.05, 3.63) is 0 Å². The van der Waals surface area contributed by atoms with Crippen LogP contribution in [0.3, 0.4) is 0 Å². The van der Waals surface area contributed by atoms with Crippen LogP contribution < -0.4 is 0 Å². The Morgan fingerprint density at radius 2 is 1.36 bits per heavy atom. The maximum atomic E-state index is 5.65. The Balaban J connectivity index is 4.21. The zero-order valence-corrected chi connectivity index (χ0v) is 11.2. The summed E-state index contributed by atoms with van der Waals surface area (Å²) in [5.74, 6) is 0.842.